The van der Waals surface area contributed by atoms with Crippen molar-refractivity contribution in [3.63, 3.8) is 0 Å². The monoisotopic (exact) mass is 153 g/mol. The number of fused-ring (bicyclic) bond motifs is 1. The van der Waals surface area contributed by atoms with Crippen LogP contribution >= 0.6 is 0 Å². The molecule has 2 aliphatic heterocycles. The van der Waals surface area contributed by atoms with Gasteiger partial charge in [0.15, 0.2) is 0 Å². The molecule has 2 fully saturated rings. The van der Waals surface area contributed by atoms with E-state index in [-0.39, 0.29) is 0 Å². The first-order valence-corrected chi connectivity index (χ1v) is 5.12. The smallest absolute Gasteiger partial charge is 0.0121 e. The van der Waals surface area contributed by atoms with Crippen LogP contribution in [0.15, 0.2) is 0 Å². The van der Waals surface area contributed by atoms with E-state index in [1.165, 1.54) is 45.2 Å². The Labute approximate surface area is 69.8 Å². The van der Waals surface area contributed by atoms with Crippen LogP contribution in [0.5, 0.6) is 0 Å². The Bertz CT molecular complexity index is 133. The van der Waals surface area contributed by atoms with Crippen molar-refractivity contribution in [1.29, 1.82) is 0 Å². The number of hydrogen-bond donors (Lipinski definition) is 0. The summed E-state index contributed by atoms with van der Waals surface area (Å²) in [6.07, 6.45) is 7.31. The van der Waals surface area contributed by atoms with Gasteiger partial charge in [-0.15, -0.1) is 0 Å². The molecule has 0 N–H and O–H groups in total. The van der Waals surface area contributed by atoms with Crippen LogP contribution in [0.2, 0.25) is 0 Å². The Kier molecular flexibility index (Phi) is 2.17. The van der Waals surface area contributed by atoms with E-state index < -0.39 is 0 Å². The van der Waals surface area contributed by atoms with Gasteiger partial charge < -0.3 is 4.90 Å². The fraction of sp³-hybridized carbons (Fsp3) is 1.00. The Morgan fingerprint density at radius 1 is 1.00 bits per heavy atom. The second kappa shape index (κ2) is 3.14. The summed E-state index contributed by atoms with van der Waals surface area (Å²) < 4.78 is 0. The maximum Gasteiger partial charge on any atom is 0.0121 e. The molecule has 0 bridgehead atoms. The number of rotatable bonds is 0. The zero-order valence-electron chi connectivity index (χ0n) is 7.55. The van der Waals surface area contributed by atoms with Gasteiger partial charge in [-0.1, -0.05) is 13.3 Å². The average Bonchev–Trinajstić information content (AvgIpc) is 2.40. The van der Waals surface area contributed by atoms with E-state index in [1.54, 1.807) is 0 Å². The van der Waals surface area contributed by atoms with Gasteiger partial charge in [0.05, 0.1) is 0 Å². The maximum absolute atomic E-state index is 2.72. The van der Waals surface area contributed by atoms with Gasteiger partial charge in [0.25, 0.3) is 0 Å². The Morgan fingerprint density at radius 2 is 1.82 bits per heavy atom. The zero-order valence-corrected chi connectivity index (χ0v) is 7.55. The fourth-order valence-corrected chi connectivity index (χ4v) is 2.75. The molecule has 0 aliphatic carbocycles. The highest BCUT2D eigenvalue weighted by molar-refractivity contribution is 4.85. The van der Waals surface area contributed by atoms with Crippen LogP contribution in [-0.2, 0) is 0 Å². The molecule has 0 unspecified atom stereocenters. The van der Waals surface area contributed by atoms with E-state index in [9.17, 15) is 0 Å². The first kappa shape index (κ1) is 7.60. The Balaban J connectivity index is 2.03. The average molecular weight is 153 g/mol. The lowest BCUT2D eigenvalue weighted by molar-refractivity contribution is 0.216. The molecular formula is C10H19N. The van der Waals surface area contributed by atoms with Crippen LogP contribution < -0.4 is 0 Å². The quantitative estimate of drug-likeness (QED) is 0.516. The summed E-state index contributed by atoms with van der Waals surface area (Å²) in [7, 11) is 0. The van der Waals surface area contributed by atoms with E-state index in [0.717, 1.165) is 12.0 Å². The first-order chi connectivity index (χ1) is 5.38. The van der Waals surface area contributed by atoms with Gasteiger partial charge >= 0.3 is 0 Å². The number of nitrogens with zero attached hydrogens (tertiary/aromatic N) is 1. The molecule has 2 rings (SSSR count). The van der Waals surface area contributed by atoms with Crippen molar-refractivity contribution >= 4 is 0 Å². The molecule has 64 valence electrons. The summed E-state index contributed by atoms with van der Waals surface area (Å²) in [6, 6.07) is 0.956. The predicted molar refractivity (Wildman–Crippen MR) is 47.6 cm³/mol. The van der Waals surface area contributed by atoms with Crippen molar-refractivity contribution in [2.45, 2.75) is 45.1 Å². The maximum atomic E-state index is 2.72. The Morgan fingerprint density at radius 3 is 2.73 bits per heavy atom. The van der Waals surface area contributed by atoms with Crippen molar-refractivity contribution in [3.8, 4) is 0 Å². The molecule has 0 aromatic rings. The van der Waals surface area contributed by atoms with Gasteiger partial charge in [-0.05, 0) is 44.7 Å². The third-order valence-electron chi connectivity index (χ3n) is 3.43. The van der Waals surface area contributed by atoms with E-state index in [2.05, 4.69) is 11.8 Å². The first-order valence-electron chi connectivity index (χ1n) is 5.12. The molecule has 0 amide bonds. The fourth-order valence-electron chi connectivity index (χ4n) is 2.75. The van der Waals surface area contributed by atoms with Gasteiger partial charge in [-0.25, -0.2) is 0 Å². The third kappa shape index (κ3) is 1.44. The standard InChI is InChI=1S/C10H19N/c1-9-5-2-3-7-11-8-4-6-10(9)11/h9-10H,2-8H2,1H3/t9-,10-/m1/s1. The van der Waals surface area contributed by atoms with Crippen LogP contribution in [0.1, 0.15) is 39.0 Å². The van der Waals surface area contributed by atoms with Gasteiger partial charge in [0.1, 0.15) is 0 Å². The summed E-state index contributed by atoms with van der Waals surface area (Å²) in [5.41, 5.74) is 0. The van der Waals surface area contributed by atoms with E-state index >= 15 is 0 Å². The summed E-state index contributed by atoms with van der Waals surface area (Å²) in [6.45, 7) is 5.21. The molecular weight excluding hydrogens is 134 g/mol. The van der Waals surface area contributed by atoms with Crippen molar-refractivity contribution in [2.75, 3.05) is 13.1 Å². The summed E-state index contributed by atoms with van der Waals surface area (Å²) in [5, 5.41) is 0. The van der Waals surface area contributed by atoms with Crippen LogP contribution in [0.25, 0.3) is 0 Å². The van der Waals surface area contributed by atoms with Crippen LogP contribution in [0.4, 0.5) is 0 Å². The second-order valence-corrected chi connectivity index (χ2v) is 4.22. The molecule has 11 heavy (non-hydrogen) atoms. The van der Waals surface area contributed by atoms with E-state index in [1.807, 2.05) is 0 Å². The van der Waals surface area contributed by atoms with Crippen LogP contribution in [-0.4, -0.2) is 24.0 Å². The zero-order chi connectivity index (χ0) is 7.68. The molecule has 2 saturated heterocycles. The predicted octanol–water partition coefficient (Wildman–Crippen LogP) is 2.27. The molecule has 0 aromatic heterocycles. The summed E-state index contributed by atoms with van der Waals surface area (Å²) in [5.74, 6) is 0.972. The molecule has 0 aromatic carbocycles. The van der Waals surface area contributed by atoms with Crippen LogP contribution in [0, 0.1) is 5.92 Å². The van der Waals surface area contributed by atoms with Gasteiger partial charge in [-0.3, -0.25) is 0 Å². The minimum absolute atomic E-state index is 0.956. The molecule has 0 spiro atoms. The topological polar surface area (TPSA) is 3.24 Å². The molecule has 0 saturated carbocycles. The minimum Gasteiger partial charge on any atom is -0.300 e. The lowest BCUT2D eigenvalue weighted by atomic mass is 9.96. The van der Waals surface area contributed by atoms with Crippen molar-refractivity contribution < 1.29 is 0 Å². The van der Waals surface area contributed by atoms with Crippen LogP contribution in [0.3, 0.4) is 0 Å². The SMILES string of the molecule is C[C@@H]1CCCCN2CCC[C@H]12. The highest BCUT2D eigenvalue weighted by atomic mass is 15.2. The normalized spacial score (nSPS) is 40.1. The molecule has 1 nitrogen and oxygen atoms in total. The molecule has 2 atom stereocenters. The second-order valence-electron chi connectivity index (χ2n) is 4.22. The van der Waals surface area contributed by atoms with E-state index in [4.69, 9.17) is 0 Å². The molecule has 0 radical (unpaired) electrons. The van der Waals surface area contributed by atoms with Crippen molar-refractivity contribution in [2.24, 2.45) is 5.92 Å². The van der Waals surface area contributed by atoms with Crippen molar-refractivity contribution in [3.05, 3.63) is 0 Å². The van der Waals surface area contributed by atoms with Gasteiger partial charge in [-0.2, -0.15) is 0 Å². The minimum atomic E-state index is 0.956. The summed E-state index contributed by atoms with van der Waals surface area (Å²) >= 11 is 0. The number of hydrogen-bond acceptors (Lipinski definition) is 1. The molecule has 1 heteroatoms. The van der Waals surface area contributed by atoms with Crippen molar-refractivity contribution in [1.82, 2.24) is 4.90 Å². The third-order valence-corrected chi connectivity index (χ3v) is 3.43. The summed E-state index contributed by atoms with van der Waals surface area (Å²) in [4.78, 5) is 2.72. The Hall–Kier alpha value is -0.0400. The lowest BCUT2D eigenvalue weighted by Gasteiger charge is -2.25. The molecule has 2 heterocycles. The largest absolute Gasteiger partial charge is 0.300 e. The lowest BCUT2D eigenvalue weighted by Crippen LogP contribution is -2.32. The van der Waals surface area contributed by atoms with Gasteiger partial charge in [0, 0.05) is 6.04 Å². The van der Waals surface area contributed by atoms with E-state index in [0.29, 0.717) is 0 Å². The van der Waals surface area contributed by atoms with Gasteiger partial charge in [0.2, 0.25) is 0 Å². The highest BCUT2D eigenvalue weighted by Gasteiger charge is 2.30. The highest BCUT2D eigenvalue weighted by Crippen LogP contribution is 2.29. The molecule has 2 aliphatic rings.